The van der Waals surface area contributed by atoms with Crippen molar-refractivity contribution in [3.05, 3.63) is 0 Å². The minimum Gasteiger partial charge on any atom is -0.481 e. The lowest BCUT2D eigenvalue weighted by Crippen LogP contribution is -2.57. The average Bonchev–Trinajstić information content (AvgIpc) is 3.09. The molecule has 0 aromatic rings. The first-order valence-corrected chi connectivity index (χ1v) is 19.3. The van der Waals surface area contributed by atoms with Crippen molar-refractivity contribution in [2.24, 2.45) is 17.8 Å². The van der Waals surface area contributed by atoms with Crippen molar-refractivity contribution >= 4 is 29.6 Å². The summed E-state index contributed by atoms with van der Waals surface area (Å²) in [6, 6.07) is 0.324. The molecule has 5 unspecified atom stereocenters. The van der Waals surface area contributed by atoms with Crippen molar-refractivity contribution < 1.29 is 38.6 Å². The van der Waals surface area contributed by atoms with Gasteiger partial charge in [0.1, 0.15) is 0 Å². The van der Waals surface area contributed by atoms with E-state index in [-0.39, 0.29) is 85.9 Å². The number of amides is 4. The number of ketones is 1. The number of ether oxygens (including phenoxy) is 2. The Bertz CT molecular complexity index is 1160. The van der Waals surface area contributed by atoms with Gasteiger partial charge in [-0.1, -0.05) is 33.6 Å². The Morgan fingerprint density at radius 2 is 1.45 bits per heavy atom. The van der Waals surface area contributed by atoms with Gasteiger partial charge in [0.2, 0.25) is 11.8 Å². The van der Waals surface area contributed by atoms with Crippen molar-refractivity contribution in [2.75, 3.05) is 40.4 Å². The highest BCUT2D eigenvalue weighted by Gasteiger charge is 2.38. The molecule has 4 amide bonds. The van der Waals surface area contributed by atoms with Crippen LogP contribution in [0.15, 0.2) is 0 Å². The molecule has 3 aliphatic carbocycles. The molecule has 292 valence electrons. The maximum absolute atomic E-state index is 13.9. The van der Waals surface area contributed by atoms with Crippen molar-refractivity contribution in [2.45, 2.75) is 154 Å². The van der Waals surface area contributed by atoms with Gasteiger partial charge in [-0.3, -0.25) is 19.2 Å². The molecule has 51 heavy (non-hydrogen) atoms. The molecule has 3 fully saturated rings. The lowest BCUT2D eigenvalue weighted by molar-refractivity contribution is -0.149. The Morgan fingerprint density at radius 3 is 2.06 bits per heavy atom. The third-order valence-corrected chi connectivity index (χ3v) is 11.3. The number of urea groups is 1. The summed E-state index contributed by atoms with van der Waals surface area (Å²) in [7, 11) is 3.20. The molecule has 0 saturated heterocycles. The fourth-order valence-corrected chi connectivity index (χ4v) is 7.84. The number of Topliss-reactive ketones (excluding diaryl/α,β-unsaturated/α-hetero) is 1. The molecule has 0 heterocycles. The van der Waals surface area contributed by atoms with Crippen molar-refractivity contribution in [3.8, 4) is 0 Å². The lowest BCUT2D eigenvalue weighted by atomic mass is 9.84. The Hall–Kier alpha value is -2.77. The Kier molecular flexibility index (Phi) is 17.1. The van der Waals surface area contributed by atoms with E-state index < -0.39 is 17.4 Å². The summed E-state index contributed by atoms with van der Waals surface area (Å²) < 4.78 is 11.1. The number of hydrogen-bond acceptors (Lipinski definition) is 8. The number of nitrogens with zero attached hydrogens (tertiary/aromatic N) is 2. The number of aliphatic carboxylic acids is 1. The molecule has 0 bridgehead atoms. The number of rotatable bonds is 18. The number of carboxylic acids is 1. The molecule has 0 aliphatic heterocycles. The van der Waals surface area contributed by atoms with Gasteiger partial charge >= 0.3 is 12.0 Å². The highest BCUT2D eigenvalue weighted by molar-refractivity contribution is 5.93. The van der Waals surface area contributed by atoms with Crippen molar-refractivity contribution in [1.29, 1.82) is 0 Å². The molecular formula is C38H67N5O8. The van der Waals surface area contributed by atoms with Crippen molar-refractivity contribution in [1.82, 2.24) is 25.8 Å². The van der Waals surface area contributed by atoms with Crippen LogP contribution in [0.2, 0.25) is 0 Å². The van der Waals surface area contributed by atoms with E-state index in [0.29, 0.717) is 38.1 Å². The molecule has 0 aromatic carbocycles. The fraction of sp³-hybridized carbons (Fsp3) is 0.868. The SMILES string of the molecule is COC1CCC(C(=O)N(CCC(=O)O)CC(=O)N(CCC(C)C)CC(=O)C(C)(C)NC2CCC(NC(=O)NC3CCCCC3C)CC2)CC1OC. The second-order valence-corrected chi connectivity index (χ2v) is 16.2. The molecule has 5 atom stereocenters. The minimum absolute atomic E-state index is 0.0899. The molecular weight excluding hydrogens is 654 g/mol. The van der Waals surface area contributed by atoms with Crippen LogP contribution in [0, 0.1) is 17.8 Å². The van der Waals surface area contributed by atoms with Crippen LogP contribution in [0.4, 0.5) is 4.79 Å². The van der Waals surface area contributed by atoms with Crippen molar-refractivity contribution in [3.63, 3.8) is 0 Å². The van der Waals surface area contributed by atoms with Crippen LogP contribution in [0.25, 0.3) is 0 Å². The predicted molar refractivity (Wildman–Crippen MR) is 195 cm³/mol. The third-order valence-electron chi connectivity index (χ3n) is 11.3. The summed E-state index contributed by atoms with van der Waals surface area (Å²) in [5.41, 5.74) is -0.913. The van der Waals surface area contributed by atoms with Gasteiger partial charge in [-0.05, 0) is 89.9 Å². The molecule has 0 radical (unpaired) electrons. The Morgan fingerprint density at radius 1 is 0.804 bits per heavy atom. The summed E-state index contributed by atoms with van der Waals surface area (Å²) in [6.45, 7) is 9.82. The highest BCUT2D eigenvalue weighted by Crippen LogP contribution is 2.30. The Labute approximate surface area is 305 Å². The van der Waals surface area contributed by atoms with Gasteiger partial charge in [0, 0.05) is 51.4 Å². The van der Waals surface area contributed by atoms with Gasteiger partial charge in [-0.25, -0.2) is 4.79 Å². The number of carbonyl (C=O) groups is 5. The van der Waals surface area contributed by atoms with Gasteiger partial charge < -0.3 is 40.3 Å². The number of nitrogens with one attached hydrogen (secondary N) is 3. The zero-order valence-corrected chi connectivity index (χ0v) is 32.3. The van der Waals surface area contributed by atoms with Crippen LogP contribution in [0.1, 0.15) is 118 Å². The van der Waals surface area contributed by atoms with Gasteiger partial charge in [-0.2, -0.15) is 0 Å². The van der Waals surface area contributed by atoms with Crippen LogP contribution in [0.3, 0.4) is 0 Å². The molecule has 3 rings (SSSR count). The third kappa shape index (κ3) is 13.6. The average molecular weight is 722 g/mol. The molecule has 13 heteroatoms. The monoisotopic (exact) mass is 721 g/mol. The van der Waals surface area contributed by atoms with E-state index in [1.807, 2.05) is 27.7 Å². The summed E-state index contributed by atoms with van der Waals surface area (Å²) in [4.78, 5) is 68.5. The number of hydrogen-bond donors (Lipinski definition) is 4. The first-order valence-electron chi connectivity index (χ1n) is 19.3. The summed E-state index contributed by atoms with van der Waals surface area (Å²) >= 11 is 0. The number of methoxy groups -OCH3 is 2. The summed E-state index contributed by atoms with van der Waals surface area (Å²) in [6.07, 6.45) is 9.40. The summed E-state index contributed by atoms with van der Waals surface area (Å²) in [5.74, 6) is -1.48. The standard InChI is InChI=1S/C38H67N5O8/c1-25(2)18-20-42(34(45)24-43(21-19-35(46)47)36(48)27-12-17-31(50-6)32(22-27)51-7)23-33(44)38(4,5)41-29-15-13-28(14-16-29)39-37(49)40-30-11-9-8-10-26(30)3/h25-32,41H,8-24H2,1-7H3,(H,46,47)(H2,39,40,49). The van der Waals surface area contributed by atoms with Gasteiger partial charge in [0.05, 0.1) is 37.3 Å². The van der Waals surface area contributed by atoms with Crippen LogP contribution in [-0.4, -0.2) is 121 Å². The van der Waals surface area contributed by atoms with E-state index >= 15 is 0 Å². The largest absolute Gasteiger partial charge is 0.481 e. The molecule has 13 nitrogen and oxygen atoms in total. The highest BCUT2D eigenvalue weighted by atomic mass is 16.5. The quantitative estimate of drug-likeness (QED) is 0.163. The first kappa shape index (κ1) is 42.6. The minimum atomic E-state index is -1.06. The van der Waals surface area contributed by atoms with E-state index in [1.54, 1.807) is 14.2 Å². The van der Waals surface area contributed by atoms with Crippen LogP contribution < -0.4 is 16.0 Å². The smallest absolute Gasteiger partial charge is 0.315 e. The fourth-order valence-electron chi connectivity index (χ4n) is 7.84. The normalized spacial score (nSPS) is 27.0. The van der Waals surface area contributed by atoms with Crippen LogP contribution in [-0.2, 0) is 28.7 Å². The maximum atomic E-state index is 13.9. The topological polar surface area (TPSA) is 167 Å². The second-order valence-electron chi connectivity index (χ2n) is 16.2. The maximum Gasteiger partial charge on any atom is 0.315 e. The molecule has 0 spiro atoms. The summed E-state index contributed by atoms with van der Waals surface area (Å²) in [5, 5.41) is 19.3. The van der Waals surface area contributed by atoms with E-state index in [2.05, 4.69) is 22.9 Å². The van der Waals surface area contributed by atoms with Gasteiger partial charge in [-0.15, -0.1) is 0 Å². The van der Waals surface area contributed by atoms with E-state index in [1.165, 1.54) is 16.2 Å². The predicted octanol–water partition coefficient (Wildman–Crippen LogP) is 4.12. The van der Waals surface area contributed by atoms with E-state index in [4.69, 9.17) is 9.47 Å². The molecule has 3 aliphatic rings. The molecule has 3 saturated carbocycles. The second kappa shape index (κ2) is 20.5. The van der Waals surface area contributed by atoms with E-state index in [0.717, 1.165) is 44.9 Å². The van der Waals surface area contributed by atoms with Gasteiger partial charge in [0.15, 0.2) is 5.78 Å². The molecule has 4 N–H and O–H groups in total. The zero-order chi connectivity index (χ0) is 37.7. The van der Waals surface area contributed by atoms with Gasteiger partial charge in [0.25, 0.3) is 0 Å². The number of carbonyl (C=O) groups excluding carboxylic acids is 4. The zero-order valence-electron chi connectivity index (χ0n) is 32.3. The lowest BCUT2D eigenvalue weighted by Gasteiger charge is -2.37. The number of carboxylic acid groups (broad SMARTS) is 1. The Balaban J connectivity index is 1.59. The van der Waals surface area contributed by atoms with E-state index in [9.17, 15) is 29.1 Å². The van der Waals surface area contributed by atoms with Crippen LogP contribution in [0.5, 0.6) is 0 Å². The van der Waals surface area contributed by atoms with Crippen LogP contribution >= 0.6 is 0 Å². The molecule has 0 aromatic heterocycles. The first-order chi connectivity index (χ1) is 24.1.